The summed E-state index contributed by atoms with van der Waals surface area (Å²) in [5, 5.41) is 5.74. The van der Waals surface area contributed by atoms with E-state index in [4.69, 9.17) is 0 Å². The van der Waals surface area contributed by atoms with E-state index < -0.39 is 0 Å². The van der Waals surface area contributed by atoms with Crippen molar-refractivity contribution >= 4 is 11.9 Å². The van der Waals surface area contributed by atoms with Crippen molar-refractivity contribution in [2.45, 2.75) is 13.0 Å². The van der Waals surface area contributed by atoms with E-state index in [-0.39, 0.29) is 24.5 Å². The predicted octanol–water partition coefficient (Wildman–Crippen LogP) is 0.567. The molecule has 0 radical (unpaired) electrons. The third-order valence-electron chi connectivity index (χ3n) is 2.36. The lowest BCUT2D eigenvalue weighted by molar-refractivity contribution is -0.139. The summed E-state index contributed by atoms with van der Waals surface area (Å²) < 4.78 is 4.49. The van der Waals surface area contributed by atoms with Crippen LogP contribution in [0.3, 0.4) is 0 Å². The molecule has 0 aliphatic rings. The molecule has 0 saturated carbocycles. The zero-order valence-corrected chi connectivity index (χ0v) is 10.6. The first-order valence-corrected chi connectivity index (χ1v) is 5.77. The Morgan fingerprint density at radius 1 is 1.28 bits per heavy atom. The monoisotopic (exact) mass is 250 g/mol. The van der Waals surface area contributed by atoms with Crippen LogP contribution in [0.25, 0.3) is 0 Å². The quantitative estimate of drug-likeness (QED) is 0.724. The number of carbonyl (C=O) groups excluding carboxylic acids is 2. The van der Waals surface area contributed by atoms with E-state index in [1.165, 1.54) is 7.11 Å². The van der Waals surface area contributed by atoms with Crippen LogP contribution in [0, 0.1) is 0 Å². The molecule has 0 unspecified atom stereocenters. The molecule has 0 aromatic heterocycles. The zero-order valence-electron chi connectivity index (χ0n) is 10.6. The third kappa shape index (κ3) is 4.97. The first-order valence-electron chi connectivity index (χ1n) is 5.77. The smallest absolute Gasteiger partial charge is 0.319 e. The second-order valence-electron chi connectivity index (χ2n) is 3.95. The van der Waals surface area contributed by atoms with Gasteiger partial charge in [0.15, 0.2) is 0 Å². The molecule has 1 atom stereocenters. The van der Waals surface area contributed by atoms with Gasteiger partial charge in [-0.2, -0.15) is 0 Å². The molecule has 5 nitrogen and oxygen atoms in total. The van der Waals surface area contributed by atoms with Gasteiger partial charge in [-0.05, 0) is 19.1 Å². The molecule has 0 saturated heterocycles. The van der Waals surface area contributed by atoms with Crippen LogP contribution in [0.2, 0.25) is 0 Å². The van der Waals surface area contributed by atoms with Gasteiger partial charge >= 0.3 is 5.97 Å². The maximum atomic E-state index is 11.8. The van der Waals surface area contributed by atoms with Crippen LogP contribution in [0.1, 0.15) is 17.3 Å². The number of methoxy groups -OCH3 is 1. The van der Waals surface area contributed by atoms with Gasteiger partial charge in [-0.25, -0.2) is 0 Å². The molecule has 1 aromatic rings. The SMILES string of the molecule is COC(=O)CNC[C@@H](C)NC(=O)c1ccccc1. The fourth-order valence-corrected chi connectivity index (χ4v) is 1.41. The van der Waals surface area contributed by atoms with Crippen LogP contribution >= 0.6 is 0 Å². The minimum absolute atomic E-state index is 0.0673. The predicted molar refractivity (Wildman–Crippen MR) is 68.3 cm³/mol. The van der Waals surface area contributed by atoms with Crippen molar-refractivity contribution in [1.82, 2.24) is 10.6 Å². The minimum Gasteiger partial charge on any atom is -0.468 e. The molecule has 0 heterocycles. The van der Waals surface area contributed by atoms with Crippen LogP contribution in [0.15, 0.2) is 30.3 Å². The molecular formula is C13H18N2O3. The highest BCUT2D eigenvalue weighted by molar-refractivity contribution is 5.94. The maximum Gasteiger partial charge on any atom is 0.319 e. The van der Waals surface area contributed by atoms with Crippen molar-refractivity contribution in [3.63, 3.8) is 0 Å². The molecule has 98 valence electrons. The van der Waals surface area contributed by atoms with Gasteiger partial charge in [0.05, 0.1) is 13.7 Å². The van der Waals surface area contributed by atoms with Gasteiger partial charge in [0.2, 0.25) is 0 Å². The van der Waals surface area contributed by atoms with Crippen LogP contribution in [0.4, 0.5) is 0 Å². The minimum atomic E-state index is -0.323. The summed E-state index contributed by atoms with van der Waals surface area (Å²) in [6.07, 6.45) is 0. The molecule has 0 fully saturated rings. The van der Waals surface area contributed by atoms with Crippen LogP contribution < -0.4 is 10.6 Å². The fraction of sp³-hybridized carbons (Fsp3) is 0.385. The summed E-state index contributed by atoms with van der Waals surface area (Å²) in [6, 6.07) is 8.93. The van der Waals surface area contributed by atoms with E-state index in [0.29, 0.717) is 12.1 Å². The van der Waals surface area contributed by atoms with Gasteiger partial charge in [-0.3, -0.25) is 9.59 Å². The average Bonchev–Trinajstić information content (AvgIpc) is 2.39. The lowest BCUT2D eigenvalue weighted by atomic mass is 10.2. The molecule has 0 aliphatic carbocycles. The number of hydrogen-bond donors (Lipinski definition) is 2. The van der Waals surface area contributed by atoms with Crippen molar-refractivity contribution in [2.24, 2.45) is 0 Å². The highest BCUT2D eigenvalue weighted by Crippen LogP contribution is 1.98. The molecule has 0 spiro atoms. The number of carbonyl (C=O) groups is 2. The summed E-state index contributed by atoms with van der Waals surface area (Å²) in [5.74, 6) is -0.445. The van der Waals surface area contributed by atoms with Gasteiger partial charge in [0.25, 0.3) is 5.91 Å². The lowest BCUT2D eigenvalue weighted by Crippen LogP contribution is -2.41. The average molecular weight is 250 g/mol. The molecule has 0 bridgehead atoms. The van der Waals surface area contributed by atoms with Gasteiger partial charge in [-0.1, -0.05) is 18.2 Å². The standard InChI is InChI=1S/C13H18N2O3/c1-10(8-14-9-12(16)18-2)15-13(17)11-6-4-3-5-7-11/h3-7,10,14H,8-9H2,1-2H3,(H,15,17)/t10-/m1/s1. The first kappa shape index (κ1) is 14.2. The molecule has 18 heavy (non-hydrogen) atoms. The number of hydrogen-bond acceptors (Lipinski definition) is 4. The largest absolute Gasteiger partial charge is 0.468 e. The Morgan fingerprint density at radius 3 is 2.56 bits per heavy atom. The van der Waals surface area contributed by atoms with Crippen molar-refractivity contribution in [1.29, 1.82) is 0 Å². The number of ether oxygens (including phenoxy) is 1. The molecule has 1 amide bonds. The van der Waals surface area contributed by atoms with Crippen molar-refractivity contribution in [3.05, 3.63) is 35.9 Å². The third-order valence-corrected chi connectivity index (χ3v) is 2.36. The normalized spacial score (nSPS) is 11.7. The van der Waals surface area contributed by atoms with Crippen molar-refractivity contribution in [2.75, 3.05) is 20.2 Å². The molecule has 2 N–H and O–H groups in total. The van der Waals surface area contributed by atoms with E-state index in [1.807, 2.05) is 25.1 Å². The van der Waals surface area contributed by atoms with Crippen molar-refractivity contribution in [3.8, 4) is 0 Å². The summed E-state index contributed by atoms with van der Waals surface area (Å²) >= 11 is 0. The molecular weight excluding hydrogens is 232 g/mol. The number of benzene rings is 1. The Hall–Kier alpha value is -1.88. The summed E-state index contributed by atoms with van der Waals surface area (Å²) in [6.45, 7) is 2.51. The Kier molecular flexibility index (Phi) is 5.87. The second kappa shape index (κ2) is 7.45. The van der Waals surface area contributed by atoms with Crippen LogP contribution in [-0.2, 0) is 9.53 Å². The van der Waals surface area contributed by atoms with E-state index in [0.717, 1.165) is 0 Å². The van der Waals surface area contributed by atoms with Crippen molar-refractivity contribution < 1.29 is 14.3 Å². The summed E-state index contributed by atoms with van der Waals surface area (Å²) in [5.41, 5.74) is 0.623. The Morgan fingerprint density at radius 2 is 1.94 bits per heavy atom. The van der Waals surface area contributed by atoms with E-state index in [9.17, 15) is 9.59 Å². The van der Waals surface area contributed by atoms with E-state index in [2.05, 4.69) is 15.4 Å². The number of nitrogens with one attached hydrogen (secondary N) is 2. The number of rotatable bonds is 6. The molecule has 1 rings (SSSR count). The Labute approximate surface area is 107 Å². The Bertz CT molecular complexity index is 392. The highest BCUT2D eigenvalue weighted by atomic mass is 16.5. The summed E-state index contributed by atoms with van der Waals surface area (Å²) in [4.78, 5) is 22.6. The molecule has 0 aliphatic heterocycles. The summed E-state index contributed by atoms with van der Waals surface area (Å²) in [7, 11) is 1.34. The van der Waals surface area contributed by atoms with E-state index in [1.54, 1.807) is 12.1 Å². The van der Waals surface area contributed by atoms with Crippen LogP contribution in [0.5, 0.6) is 0 Å². The van der Waals surface area contributed by atoms with Gasteiger partial charge in [0.1, 0.15) is 0 Å². The van der Waals surface area contributed by atoms with Gasteiger partial charge < -0.3 is 15.4 Å². The molecule has 1 aromatic carbocycles. The molecule has 5 heteroatoms. The highest BCUT2D eigenvalue weighted by Gasteiger charge is 2.09. The lowest BCUT2D eigenvalue weighted by Gasteiger charge is -2.14. The topological polar surface area (TPSA) is 67.4 Å². The number of esters is 1. The van der Waals surface area contributed by atoms with E-state index >= 15 is 0 Å². The Balaban J connectivity index is 2.30. The maximum absolute atomic E-state index is 11.8. The zero-order chi connectivity index (χ0) is 13.4. The van der Waals surface area contributed by atoms with Gasteiger partial charge in [0, 0.05) is 18.2 Å². The van der Waals surface area contributed by atoms with Crippen LogP contribution in [-0.4, -0.2) is 38.1 Å². The first-order chi connectivity index (χ1) is 8.63. The fourth-order valence-electron chi connectivity index (χ4n) is 1.41. The second-order valence-corrected chi connectivity index (χ2v) is 3.95. The van der Waals surface area contributed by atoms with Gasteiger partial charge in [-0.15, -0.1) is 0 Å². The number of amides is 1.